The normalized spacial score (nSPS) is 10.8. The summed E-state index contributed by atoms with van der Waals surface area (Å²) in [6.07, 6.45) is 5.35. The summed E-state index contributed by atoms with van der Waals surface area (Å²) in [5.74, 6) is 0.971. The molecule has 0 saturated carbocycles. The first-order valence-electron chi connectivity index (χ1n) is 4.05. The fraction of sp³-hybridized carbons (Fsp3) is 0.375. The van der Waals surface area contributed by atoms with Crippen LogP contribution >= 0.6 is 0 Å². The maximum atomic E-state index is 4.27. The first-order valence-corrected chi connectivity index (χ1v) is 4.05. The van der Waals surface area contributed by atoms with Gasteiger partial charge in [-0.1, -0.05) is 6.92 Å². The van der Waals surface area contributed by atoms with E-state index in [1.54, 1.807) is 12.4 Å². The molecule has 0 fully saturated rings. The average molecular weight is 162 g/mol. The van der Waals surface area contributed by atoms with Gasteiger partial charge in [-0.15, -0.1) is 0 Å². The van der Waals surface area contributed by atoms with Crippen molar-refractivity contribution < 1.29 is 0 Å². The third-order valence-electron chi connectivity index (χ3n) is 1.67. The second-order valence-electron chi connectivity index (χ2n) is 2.66. The van der Waals surface area contributed by atoms with Gasteiger partial charge >= 0.3 is 0 Å². The largest absolute Gasteiger partial charge is 0.325 e. The van der Waals surface area contributed by atoms with Crippen molar-refractivity contribution in [1.29, 1.82) is 0 Å². The van der Waals surface area contributed by atoms with Crippen LogP contribution in [-0.2, 0) is 6.42 Å². The van der Waals surface area contributed by atoms with Crippen molar-refractivity contribution in [1.82, 2.24) is 19.9 Å². The minimum atomic E-state index is 0.709. The van der Waals surface area contributed by atoms with Crippen molar-refractivity contribution in [2.75, 3.05) is 0 Å². The minimum Gasteiger partial charge on any atom is -0.325 e. The summed E-state index contributed by atoms with van der Waals surface area (Å²) in [5, 5.41) is 0. The molecule has 1 N–H and O–H groups in total. The molecule has 0 amide bonds. The van der Waals surface area contributed by atoms with Crippen LogP contribution < -0.4 is 0 Å². The van der Waals surface area contributed by atoms with Crippen LogP contribution in [0.5, 0.6) is 0 Å². The highest BCUT2D eigenvalue weighted by Gasteiger charge is 2.01. The predicted molar refractivity (Wildman–Crippen MR) is 45.7 cm³/mol. The van der Waals surface area contributed by atoms with E-state index in [1.165, 1.54) is 0 Å². The standard InChI is InChI=1S/C8H10N4/c1-2-3-6-11-7-8(12-6)10-5-4-9-7/h4-5H,2-3H2,1H3,(H,9,10,11,12). The van der Waals surface area contributed by atoms with Crippen LogP contribution in [0.3, 0.4) is 0 Å². The molecule has 0 unspecified atom stereocenters. The van der Waals surface area contributed by atoms with E-state index in [2.05, 4.69) is 26.9 Å². The Balaban J connectivity index is 2.47. The Morgan fingerprint density at radius 1 is 1.33 bits per heavy atom. The number of imidazole rings is 1. The molecule has 2 aromatic heterocycles. The molecule has 0 spiro atoms. The Hall–Kier alpha value is -1.45. The van der Waals surface area contributed by atoms with Gasteiger partial charge < -0.3 is 4.98 Å². The van der Waals surface area contributed by atoms with E-state index in [4.69, 9.17) is 0 Å². The minimum absolute atomic E-state index is 0.709. The van der Waals surface area contributed by atoms with Gasteiger partial charge in [0.2, 0.25) is 0 Å². The molecule has 0 aromatic carbocycles. The maximum Gasteiger partial charge on any atom is 0.197 e. The lowest BCUT2D eigenvalue weighted by Crippen LogP contribution is -1.84. The van der Waals surface area contributed by atoms with Gasteiger partial charge in [-0.05, 0) is 6.42 Å². The second kappa shape index (κ2) is 2.89. The molecule has 0 aliphatic heterocycles. The summed E-state index contributed by atoms with van der Waals surface area (Å²) in [5.41, 5.74) is 1.49. The summed E-state index contributed by atoms with van der Waals surface area (Å²) in [4.78, 5) is 15.6. The Bertz CT molecular complexity index is 346. The molecule has 0 atom stereocenters. The zero-order valence-electron chi connectivity index (χ0n) is 6.91. The van der Waals surface area contributed by atoms with E-state index in [0.717, 1.165) is 24.3 Å². The van der Waals surface area contributed by atoms with E-state index in [-0.39, 0.29) is 0 Å². The van der Waals surface area contributed by atoms with Crippen molar-refractivity contribution in [2.45, 2.75) is 19.8 Å². The van der Waals surface area contributed by atoms with E-state index in [9.17, 15) is 0 Å². The van der Waals surface area contributed by atoms with Crippen LogP contribution in [-0.4, -0.2) is 19.9 Å². The summed E-state index contributed by atoms with van der Waals surface area (Å²) >= 11 is 0. The van der Waals surface area contributed by atoms with Crippen LogP contribution in [0.4, 0.5) is 0 Å². The summed E-state index contributed by atoms with van der Waals surface area (Å²) in [6, 6.07) is 0. The summed E-state index contributed by atoms with van der Waals surface area (Å²) in [7, 11) is 0. The third kappa shape index (κ3) is 1.15. The first kappa shape index (κ1) is 7.21. The Morgan fingerprint density at radius 3 is 2.92 bits per heavy atom. The molecule has 4 nitrogen and oxygen atoms in total. The number of aromatic amines is 1. The molecule has 2 aromatic rings. The zero-order chi connectivity index (χ0) is 8.39. The number of hydrogen-bond donors (Lipinski definition) is 1. The Morgan fingerprint density at radius 2 is 2.17 bits per heavy atom. The smallest absolute Gasteiger partial charge is 0.197 e. The molecule has 2 rings (SSSR count). The van der Waals surface area contributed by atoms with E-state index in [1.807, 2.05) is 0 Å². The van der Waals surface area contributed by atoms with Crippen molar-refractivity contribution in [2.24, 2.45) is 0 Å². The fourth-order valence-corrected chi connectivity index (χ4v) is 1.15. The molecule has 0 aliphatic rings. The molecular formula is C8H10N4. The molecule has 2 heterocycles. The van der Waals surface area contributed by atoms with Crippen LogP contribution in [0.25, 0.3) is 11.3 Å². The number of hydrogen-bond acceptors (Lipinski definition) is 3. The Kier molecular flexibility index (Phi) is 1.74. The van der Waals surface area contributed by atoms with Crippen LogP contribution in [0.2, 0.25) is 0 Å². The van der Waals surface area contributed by atoms with Crippen molar-refractivity contribution in [3.63, 3.8) is 0 Å². The van der Waals surface area contributed by atoms with Gasteiger partial charge in [-0.2, -0.15) is 0 Å². The van der Waals surface area contributed by atoms with E-state index < -0.39 is 0 Å². The Labute approximate surface area is 70.1 Å². The number of aromatic nitrogens is 4. The van der Waals surface area contributed by atoms with Crippen LogP contribution in [0.1, 0.15) is 19.2 Å². The number of nitrogens with zero attached hydrogens (tertiary/aromatic N) is 3. The SMILES string of the molecule is CCCc1nc2nccnc2[nH]1. The maximum absolute atomic E-state index is 4.27. The molecular weight excluding hydrogens is 152 g/mol. The quantitative estimate of drug-likeness (QED) is 0.724. The highest BCUT2D eigenvalue weighted by molar-refractivity contribution is 5.64. The van der Waals surface area contributed by atoms with Crippen molar-refractivity contribution in [3.8, 4) is 0 Å². The lowest BCUT2D eigenvalue weighted by Gasteiger charge is -1.86. The lowest BCUT2D eigenvalue weighted by molar-refractivity contribution is 0.860. The van der Waals surface area contributed by atoms with E-state index >= 15 is 0 Å². The number of rotatable bonds is 2. The third-order valence-corrected chi connectivity index (χ3v) is 1.67. The van der Waals surface area contributed by atoms with E-state index in [0.29, 0.717) is 5.65 Å². The molecule has 62 valence electrons. The number of aryl methyl sites for hydroxylation is 1. The van der Waals surface area contributed by atoms with Gasteiger partial charge in [-0.3, -0.25) is 0 Å². The zero-order valence-corrected chi connectivity index (χ0v) is 6.91. The average Bonchev–Trinajstić information content (AvgIpc) is 2.47. The lowest BCUT2D eigenvalue weighted by atomic mass is 10.3. The number of nitrogens with one attached hydrogen (secondary N) is 1. The molecule has 0 radical (unpaired) electrons. The van der Waals surface area contributed by atoms with Crippen molar-refractivity contribution in [3.05, 3.63) is 18.2 Å². The highest BCUT2D eigenvalue weighted by Crippen LogP contribution is 2.05. The molecule has 0 aliphatic carbocycles. The molecule has 4 heteroatoms. The highest BCUT2D eigenvalue weighted by atomic mass is 15.0. The monoisotopic (exact) mass is 162 g/mol. The number of fused-ring (bicyclic) bond motifs is 1. The first-order chi connectivity index (χ1) is 5.90. The van der Waals surface area contributed by atoms with Crippen LogP contribution in [0.15, 0.2) is 12.4 Å². The van der Waals surface area contributed by atoms with Gasteiger partial charge in [0, 0.05) is 18.8 Å². The predicted octanol–water partition coefficient (Wildman–Crippen LogP) is 1.31. The van der Waals surface area contributed by atoms with Gasteiger partial charge in [0.05, 0.1) is 0 Å². The second-order valence-corrected chi connectivity index (χ2v) is 2.66. The molecule has 0 bridgehead atoms. The topological polar surface area (TPSA) is 54.5 Å². The van der Waals surface area contributed by atoms with Gasteiger partial charge in [0.25, 0.3) is 0 Å². The van der Waals surface area contributed by atoms with Crippen molar-refractivity contribution >= 4 is 11.3 Å². The molecule has 0 saturated heterocycles. The molecule has 12 heavy (non-hydrogen) atoms. The summed E-state index contributed by atoms with van der Waals surface area (Å²) in [6.45, 7) is 2.12. The number of H-pyrrole nitrogens is 1. The van der Waals surface area contributed by atoms with Crippen LogP contribution in [0, 0.1) is 0 Å². The summed E-state index contributed by atoms with van der Waals surface area (Å²) < 4.78 is 0. The fourth-order valence-electron chi connectivity index (χ4n) is 1.15. The van der Waals surface area contributed by atoms with Gasteiger partial charge in [0.1, 0.15) is 5.82 Å². The van der Waals surface area contributed by atoms with Gasteiger partial charge in [0.15, 0.2) is 11.3 Å². The van der Waals surface area contributed by atoms with Gasteiger partial charge in [-0.25, -0.2) is 15.0 Å².